The predicted molar refractivity (Wildman–Crippen MR) is 147 cm³/mol. The number of aryl methyl sites for hydroxylation is 2. The molecule has 3 aromatic rings. The summed E-state index contributed by atoms with van der Waals surface area (Å²) in [5.74, 6) is 1.53. The predicted octanol–water partition coefficient (Wildman–Crippen LogP) is 3.60. The fraction of sp³-hybridized carbons (Fsp3) is 0.444. The van der Waals surface area contributed by atoms with E-state index >= 15 is 0 Å². The van der Waals surface area contributed by atoms with Crippen LogP contribution in [0.25, 0.3) is 5.57 Å². The highest BCUT2D eigenvalue weighted by molar-refractivity contribution is 5.93. The van der Waals surface area contributed by atoms with Gasteiger partial charge >= 0.3 is 6.03 Å². The van der Waals surface area contributed by atoms with Gasteiger partial charge in [0.2, 0.25) is 5.95 Å². The lowest BCUT2D eigenvalue weighted by Gasteiger charge is -2.36. The maximum absolute atomic E-state index is 13.3. The molecule has 3 aromatic heterocycles. The lowest BCUT2D eigenvalue weighted by atomic mass is 10.0. The molecule has 5 rings (SSSR count). The number of aromatic nitrogens is 5. The number of rotatable bonds is 7. The van der Waals surface area contributed by atoms with E-state index in [1.165, 1.54) is 0 Å². The number of piperidine rings is 1. The lowest BCUT2D eigenvalue weighted by molar-refractivity contribution is 0.143. The number of hydrogen-bond donors (Lipinski definition) is 2. The Balaban J connectivity index is 1.37. The molecule has 200 valence electrons. The number of ether oxygens (including phenoxy) is 1. The number of nitrogens with zero attached hydrogens (tertiary/aromatic N) is 7. The van der Waals surface area contributed by atoms with Crippen LogP contribution in [-0.4, -0.2) is 80.4 Å². The number of fused-ring (bicyclic) bond motifs is 1. The molecule has 0 saturated carbocycles. The van der Waals surface area contributed by atoms with Crippen LogP contribution in [0.3, 0.4) is 0 Å². The highest BCUT2D eigenvalue weighted by Crippen LogP contribution is 2.36. The molecule has 1 aliphatic heterocycles. The number of urea groups is 1. The minimum atomic E-state index is -0.0912. The number of carbonyl (C=O) groups is 1. The zero-order valence-corrected chi connectivity index (χ0v) is 22.7. The summed E-state index contributed by atoms with van der Waals surface area (Å²) in [6, 6.07) is 2.14. The number of allylic oxidation sites excluding steroid dienone is 1. The molecule has 11 nitrogen and oxygen atoms in total. The Labute approximate surface area is 222 Å². The van der Waals surface area contributed by atoms with Gasteiger partial charge in [0, 0.05) is 43.2 Å². The van der Waals surface area contributed by atoms with Crippen molar-refractivity contribution in [1.29, 1.82) is 0 Å². The van der Waals surface area contributed by atoms with Gasteiger partial charge in [0.15, 0.2) is 0 Å². The molecule has 0 unspecified atom stereocenters. The number of hydrogen-bond acceptors (Lipinski definition) is 8. The topological polar surface area (TPSA) is 113 Å². The summed E-state index contributed by atoms with van der Waals surface area (Å²) in [6.07, 6.45) is 10.1. The van der Waals surface area contributed by atoms with Crippen LogP contribution in [0.2, 0.25) is 0 Å². The summed E-state index contributed by atoms with van der Waals surface area (Å²) in [6.45, 7) is 6.70. The minimum absolute atomic E-state index is 0.0912. The molecular formula is C27H35N9O2. The Kier molecular flexibility index (Phi) is 7.28. The van der Waals surface area contributed by atoms with Crippen LogP contribution in [0.15, 0.2) is 30.7 Å². The Morgan fingerprint density at radius 2 is 2.03 bits per heavy atom. The van der Waals surface area contributed by atoms with Crippen LogP contribution < -0.4 is 15.4 Å². The molecule has 0 bridgehead atoms. The van der Waals surface area contributed by atoms with Crippen molar-refractivity contribution >= 4 is 29.1 Å². The standard InChI is InChI=1S/C27H35N9O2/c1-6-36(18-10-13-34(3)14-11-18)27(37)32-24-21-8-7-20(19(21)9-12-28-24)23-17(2)15-29-26(31-23)30-22-16-35(4)33-25(22)38-5/h7,9,12,15-16,18H,6,8,10-11,13-14H2,1-5H3,(H,28,32,37)(H,29,30,31). The van der Waals surface area contributed by atoms with Gasteiger partial charge in [-0.3, -0.25) is 10.00 Å². The molecule has 38 heavy (non-hydrogen) atoms. The van der Waals surface area contributed by atoms with Gasteiger partial charge in [0.05, 0.1) is 19.0 Å². The summed E-state index contributed by atoms with van der Waals surface area (Å²) < 4.78 is 7.01. The minimum Gasteiger partial charge on any atom is -0.478 e. The van der Waals surface area contributed by atoms with Crippen LogP contribution in [-0.2, 0) is 13.5 Å². The summed E-state index contributed by atoms with van der Waals surface area (Å²) in [5.41, 5.74) is 5.48. The third kappa shape index (κ3) is 5.06. The van der Waals surface area contributed by atoms with Crippen molar-refractivity contribution < 1.29 is 9.53 Å². The summed E-state index contributed by atoms with van der Waals surface area (Å²) in [4.78, 5) is 31.4. The van der Waals surface area contributed by atoms with Crippen molar-refractivity contribution in [2.75, 3.05) is 44.4 Å². The smallest absolute Gasteiger partial charge is 0.323 e. The quantitative estimate of drug-likeness (QED) is 0.489. The summed E-state index contributed by atoms with van der Waals surface area (Å²) in [5, 5.41) is 10.6. The van der Waals surface area contributed by atoms with E-state index in [4.69, 9.17) is 9.72 Å². The van der Waals surface area contributed by atoms with E-state index in [1.807, 2.05) is 38.1 Å². The van der Waals surface area contributed by atoms with Crippen molar-refractivity contribution in [2.24, 2.45) is 7.05 Å². The van der Waals surface area contributed by atoms with Gasteiger partial charge in [0.1, 0.15) is 11.5 Å². The molecular weight excluding hydrogens is 482 g/mol. The van der Waals surface area contributed by atoms with E-state index in [0.717, 1.165) is 53.9 Å². The molecule has 2 amide bonds. The van der Waals surface area contributed by atoms with Gasteiger partial charge in [-0.15, -0.1) is 5.10 Å². The van der Waals surface area contributed by atoms with Crippen molar-refractivity contribution in [3.63, 3.8) is 0 Å². The molecule has 1 aliphatic carbocycles. The lowest BCUT2D eigenvalue weighted by Crippen LogP contribution is -2.48. The van der Waals surface area contributed by atoms with Gasteiger partial charge in [-0.1, -0.05) is 6.08 Å². The largest absolute Gasteiger partial charge is 0.478 e. The van der Waals surface area contributed by atoms with Crippen LogP contribution in [0, 0.1) is 6.92 Å². The first-order valence-corrected chi connectivity index (χ1v) is 13.0. The van der Waals surface area contributed by atoms with Crippen LogP contribution >= 0.6 is 0 Å². The third-order valence-electron chi connectivity index (χ3n) is 7.27. The van der Waals surface area contributed by atoms with Crippen molar-refractivity contribution in [2.45, 2.75) is 39.2 Å². The molecule has 0 aromatic carbocycles. The second-order valence-electron chi connectivity index (χ2n) is 9.83. The summed E-state index contributed by atoms with van der Waals surface area (Å²) in [7, 11) is 5.53. The molecule has 2 N–H and O–H groups in total. The summed E-state index contributed by atoms with van der Waals surface area (Å²) >= 11 is 0. The number of anilines is 3. The van der Waals surface area contributed by atoms with Crippen LogP contribution in [0.4, 0.5) is 22.2 Å². The van der Waals surface area contributed by atoms with E-state index in [-0.39, 0.29) is 12.1 Å². The normalized spacial score (nSPS) is 15.7. The van der Waals surface area contributed by atoms with Gasteiger partial charge in [-0.05, 0) is 70.4 Å². The number of methoxy groups -OCH3 is 1. The van der Waals surface area contributed by atoms with Crippen LogP contribution in [0.1, 0.15) is 42.1 Å². The van der Waals surface area contributed by atoms with Crippen molar-refractivity contribution in [1.82, 2.24) is 34.5 Å². The van der Waals surface area contributed by atoms with Gasteiger partial charge in [-0.2, -0.15) is 0 Å². The second kappa shape index (κ2) is 10.8. The van der Waals surface area contributed by atoms with E-state index in [1.54, 1.807) is 24.2 Å². The first kappa shape index (κ1) is 25.7. The first-order valence-electron chi connectivity index (χ1n) is 13.0. The zero-order valence-electron chi connectivity index (χ0n) is 22.7. The number of nitrogens with one attached hydrogen (secondary N) is 2. The van der Waals surface area contributed by atoms with E-state index in [0.29, 0.717) is 36.3 Å². The maximum atomic E-state index is 13.3. The molecule has 0 atom stereocenters. The van der Waals surface area contributed by atoms with Crippen LogP contribution in [0.5, 0.6) is 5.88 Å². The molecule has 2 aliphatic rings. The highest BCUT2D eigenvalue weighted by Gasteiger charge is 2.28. The third-order valence-corrected chi connectivity index (χ3v) is 7.27. The zero-order chi connectivity index (χ0) is 26.8. The number of carbonyl (C=O) groups excluding carboxylic acids is 1. The molecule has 4 heterocycles. The van der Waals surface area contributed by atoms with E-state index in [9.17, 15) is 4.79 Å². The monoisotopic (exact) mass is 517 g/mol. The van der Waals surface area contributed by atoms with E-state index < -0.39 is 0 Å². The Morgan fingerprint density at radius 3 is 2.76 bits per heavy atom. The average Bonchev–Trinajstić information content (AvgIpc) is 3.50. The molecule has 0 spiro atoms. The molecule has 1 fully saturated rings. The number of likely N-dealkylation sites (tertiary alicyclic amines) is 1. The average molecular weight is 518 g/mol. The Bertz CT molecular complexity index is 1360. The molecule has 0 radical (unpaired) electrons. The van der Waals surface area contributed by atoms with Gasteiger partial charge < -0.3 is 19.9 Å². The maximum Gasteiger partial charge on any atom is 0.323 e. The number of pyridine rings is 1. The number of amides is 2. The molecule has 11 heteroatoms. The van der Waals surface area contributed by atoms with Gasteiger partial charge in [0.25, 0.3) is 5.88 Å². The highest BCUT2D eigenvalue weighted by atomic mass is 16.5. The fourth-order valence-corrected chi connectivity index (χ4v) is 5.24. The van der Waals surface area contributed by atoms with Gasteiger partial charge in [-0.25, -0.2) is 19.7 Å². The second-order valence-corrected chi connectivity index (χ2v) is 9.83. The van der Waals surface area contributed by atoms with Crippen molar-refractivity contribution in [3.8, 4) is 5.88 Å². The first-order chi connectivity index (χ1) is 18.4. The van der Waals surface area contributed by atoms with E-state index in [2.05, 4.69) is 43.7 Å². The Hall–Kier alpha value is -3.99. The Morgan fingerprint density at radius 1 is 1.24 bits per heavy atom. The SMILES string of the molecule is CCN(C(=O)Nc1nccc2c1CC=C2c1nc(Nc2cn(C)nc2OC)ncc1C)C1CCN(C)CC1. The fourth-order valence-electron chi connectivity index (χ4n) is 5.24. The van der Waals surface area contributed by atoms with Crippen molar-refractivity contribution in [3.05, 3.63) is 53.1 Å². The molecule has 1 saturated heterocycles.